The van der Waals surface area contributed by atoms with E-state index in [1.807, 2.05) is 32.9 Å². The first kappa shape index (κ1) is 30.8. The standard InChI is InChI=1S/C33H48N6O5/c1-32(2,3)44-30(42)34-24-10-8-22(9-11-24)18-37-16-14-33(15-17-37)20-38(21-33)19-23-6-5-7-25-28(23)36(4)31(43)39(25)26-12-13-27(40)35-29(26)41/h5-7,22,24,26H,8-21H2,1-4H3,(H,34,42)(H,35,40,41)/t22-,24-,26?. The normalized spacial score (nSPS) is 26.4. The molecule has 0 bridgehead atoms. The minimum Gasteiger partial charge on any atom is -0.444 e. The fraction of sp³-hybridized carbons (Fsp3) is 0.697. The van der Waals surface area contributed by atoms with Crippen molar-refractivity contribution in [3.63, 3.8) is 0 Å². The summed E-state index contributed by atoms with van der Waals surface area (Å²) in [7, 11) is 1.77. The van der Waals surface area contributed by atoms with Gasteiger partial charge in [0, 0.05) is 45.7 Å². The Morgan fingerprint density at radius 2 is 1.73 bits per heavy atom. The smallest absolute Gasteiger partial charge is 0.407 e. The van der Waals surface area contributed by atoms with Crippen molar-refractivity contribution < 1.29 is 19.1 Å². The quantitative estimate of drug-likeness (QED) is 0.484. The molecular formula is C33H48N6O5. The molecule has 1 atom stereocenters. The molecule has 3 amide bonds. The highest BCUT2D eigenvalue weighted by Crippen LogP contribution is 2.42. The monoisotopic (exact) mass is 608 g/mol. The van der Waals surface area contributed by atoms with Gasteiger partial charge in [-0.05, 0) is 102 Å². The number of nitrogens with one attached hydrogen (secondary N) is 2. The lowest BCUT2D eigenvalue weighted by molar-refractivity contribution is -0.135. The number of alkyl carbamates (subject to hydrolysis) is 1. The highest BCUT2D eigenvalue weighted by molar-refractivity contribution is 6.00. The molecule has 44 heavy (non-hydrogen) atoms. The van der Waals surface area contributed by atoms with Crippen LogP contribution in [-0.2, 0) is 27.9 Å². The molecule has 1 aromatic carbocycles. The number of carbonyl (C=O) groups excluding carboxylic acids is 3. The number of hydrogen-bond acceptors (Lipinski definition) is 7. The number of nitrogens with zero attached hydrogens (tertiary/aromatic N) is 4. The van der Waals surface area contributed by atoms with Crippen molar-refractivity contribution in [2.24, 2.45) is 18.4 Å². The maximum atomic E-state index is 13.3. The maximum absolute atomic E-state index is 13.3. The summed E-state index contributed by atoms with van der Waals surface area (Å²) in [5.41, 5.74) is 2.41. The fourth-order valence-electron chi connectivity index (χ4n) is 7.99. The number of aromatic nitrogens is 2. The van der Waals surface area contributed by atoms with Crippen molar-refractivity contribution >= 4 is 28.9 Å². The van der Waals surface area contributed by atoms with Crippen LogP contribution in [-0.4, -0.2) is 81.2 Å². The second-order valence-electron chi connectivity index (χ2n) is 14.8. The molecule has 1 aromatic heterocycles. The molecule has 1 spiro atoms. The van der Waals surface area contributed by atoms with Gasteiger partial charge in [0.15, 0.2) is 0 Å². The van der Waals surface area contributed by atoms with E-state index in [1.54, 1.807) is 16.2 Å². The molecule has 2 N–H and O–H groups in total. The number of amides is 3. The molecule has 3 aliphatic heterocycles. The topological polar surface area (TPSA) is 118 Å². The van der Waals surface area contributed by atoms with E-state index in [0.29, 0.717) is 17.8 Å². The van der Waals surface area contributed by atoms with Gasteiger partial charge in [-0.2, -0.15) is 0 Å². The van der Waals surface area contributed by atoms with Crippen molar-refractivity contribution in [3.05, 3.63) is 34.2 Å². The maximum Gasteiger partial charge on any atom is 0.407 e. The van der Waals surface area contributed by atoms with Crippen molar-refractivity contribution in [2.45, 2.75) is 96.4 Å². The van der Waals surface area contributed by atoms with Crippen LogP contribution in [0, 0.1) is 11.3 Å². The number of carbonyl (C=O) groups is 3. The Balaban J connectivity index is 0.987. The van der Waals surface area contributed by atoms with Crippen LogP contribution in [0.2, 0.25) is 0 Å². The predicted molar refractivity (Wildman–Crippen MR) is 167 cm³/mol. The van der Waals surface area contributed by atoms with Crippen LogP contribution in [0.5, 0.6) is 0 Å². The molecule has 240 valence electrons. The number of aryl methyl sites for hydroxylation is 1. The summed E-state index contributed by atoms with van der Waals surface area (Å²) in [6.07, 6.45) is 7.04. The molecule has 0 radical (unpaired) electrons. The Hall–Kier alpha value is -3.18. The number of imide groups is 1. The fourth-order valence-corrected chi connectivity index (χ4v) is 7.99. The lowest BCUT2D eigenvalue weighted by Crippen LogP contribution is -2.60. The molecule has 4 fully saturated rings. The Labute approximate surface area is 259 Å². The number of rotatable bonds is 6. The predicted octanol–water partition coefficient (Wildman–Crippen LogP) is 3.30. The number of imidazole rings is 1. The zero-order valence-corrected chi connectivity index (χ0v) is 26.7. The van der Waals surface area contributed by atoms with E-state index in [0.717, 1.165) is 81.5 Å². The first-order chi connectivity index (χ1) is 20.9. The van der Waals surface area contributed by atoms with Gasteiger partial charge in [-0.15, -0.1) is 0 Å². The highest BCUT2D eigenvalue weighted by Gasteiger charge is 2.45. The molecule has 6 rings (SSSR count). The number of piperidine rings is 2. The largest absolute Gasteiger partial charge is 0.444 e. The zero-order chi connectivity index (χ0) is 31.2. The van der Waals surface area contributed by atoms with Gasteiger partial charge in [0.1, 0.15) is 11.6 Å². The van der Waals surface area contributed by atoms with Crippen LogP contribution < -0.4 is 16.3 Å². The third kappa shape index (κ3) is 6.44. The van der Waals surface area contributed by atoms with Gasteiger partial charge in [-0.1, -0.05) is 12.1 Å². The van der Waals surface area contributed by atoms with Crippen LogP contribution >= 0.6 is 0 Å². The minimum atomic E-state index is -0.666. The molecule has 11 heteroatoms. The van der Waals surface area contributed by atoms with Crippen LogP contribution in [0.4, 0.5) is 4.79 Å². The Morgan fingerprint density at radius 3 is 2.39 bits per heavy atom. The molecule has 3 saturated heterocycles. The van der Waals surface area contributed by atoms with Gasteiger partial charge in [0.2, 0.25) is 11.8 Å². The van der Waals surface area contributed by atoms with E-state index in [1.165, 1.54) is 12.8 Å². The summed E-state index contributed by atoms with van der Waals surface area (Å²) in [5, 5.41) is 5.45. The van der Waals surface area contributed by atoms with Crippen LogP contribution in [0.15, 0.2) is 23.0 Å². The highest BCUT2D eigenvalue weighted by atomic mass is 16.6. The van der Waals surface area contributed by atoms with Gasteiger partial charge >= 0.3 is 11.8 Å². The van der Waals surface area contributed by atoms with Crippen molar-refractivity contribution in [3.8, 4) is 0 Å². The lowest BCUT2D eigenvalue weighted by atomic mass is 9.71. The van der Waals surface area contributed by atoms with Gasteiger partial charge in [-0.3, -0.25) is 28.9 Å². The molecular weight excluding hydrogens is 560 g/mol. The van der Waals surface area contributed by atoms with Gasteiger partial charge < -0.3 is 15.0 Å². The van der Waals surface area contributed by atoms with E-state index in [4.69, 9.17) is 4.74 Å². The average Bonchev–Trinajstić information content (AvgIpc) is 3.19. The van der Waals surface area contributed by atoms with Crippen molar-refractivity contribution in [1.29, 1.82) is 0 Å². The number of likely N-dealkylation sites (tertiary alicyclic amines) is 2. The van der Waals surface area contributed by atoms with Crippen LogP contribution in [0.25, 0.3) is 11.0 Å². The number of ether oxygens (including phenoxy) is 1. The molecule has 1 aliphatic carbocycles. The summed E-state index contributed by atoms with van der Waals surface area (Å²) < 4.78 is 8.65. The third-order valence-electron chi connectivity index (χ3n) is 10.2. The molecule has 2 aromatic rings. The van der Waals surface area contributed by atoms with E-state index in [2.05, 4.69) is 26.5 Å². The van der Waals surface area contributed by atoms with E-state index in [9.17, 15) is 19.2 Å². The second-order valence-corrected chi connectivity index (χ2v) is 14.8. The van der Waals surface area contributed by atoms with E-state index in [-0.39, 0.29) is 30.2 Å². The number of hydrogen-bond donors (Lipinski definition) is 2. The SMILES string of the molecule is Cn1c(=O)n(C2CCC(=O)NC2=O)c2cccc(CN3CC4(CCN(C[C@H]5CC[C@H](NC(=O)OC(C)(C)C)CC5)CC4)C3)c21. The molecule has 1 saturated carbocycles. The summed E-state index contributed by atoms with van der Waals surface area (Å²) in [5.74, 6) is 0.00740. The Kier molecular flexibility index (Phi) is 8.38. The Bertz CT molecular complexity index is 1460. The summed E-state index contributed by atoms with van der Waals surface area (Å²) in [4.78, 5) is 54.8. The summed E-state index contributed by atoms with van der Waals surface area (Å²) >= 11 is 0. The minimum absolute atomic E-state index is 0.218. The molecule has 4 heterocycles. The number of para-hydroxylation sites is 1. The number of fused-ring (bicyclic) bond motifs is 1. The average molecular weight is 609 g/mol. The van der Waals surface area contributed by atoms with Gasteiger partial charge in [-0.25, -0.2) is 9.59 Å². The van der Waals surface area contributed by atoms with Gasteiger partial charge in [0.05, 0.1) is 11.0 Å². The van der Waals surface area contributed by atoms with Crippen LogP contribution in [0.1, 0.15) is 83.7 Å². The Morgan fingerprint density at radius 1 is 1.02 bits per heavy atom. The molecule has 4 aliphatic rings. The van der Waals surface area contributed by atoms with Gasteiger partial charge in [0.25, 0.3) is 0 Å². The van der Waals surface area contributed by atoms with Crippen LogP contribution in [0.3, 0.4) is 0 Å². The molecule has 11 nitrogen and oxygen atoms in total. The third-order valence-corrected chi connectivity index (χ3v) is 10.2. The van der Waals surface area contributed by atoms with E-state index < -0.39 is 17.6 Å². The lowest BCUT2D eigenvalue weighted by Gasteiger charge is -2.54. The van der Waals surface area contributed by atoms with Crippen molar-refractivity contribution in [2.75, 3.05) is 32.7 Å². The van der Waals surface area contributed by atoms with Crippen molar-refractivity contribution in [1.82, 2.24) is 29.6 Å². The molecule has 1 unspecified atom stereocenters. The van der Waals surface area contributed by atoms with E-state index >= 15 is 0 Å². The first-order valence-corrected chi connectivity index (χ1v) is 16.4. The summed E-state index contributed by atoms with van der Waals surface area (Å²) in [6.45, 7) is 12.0. The summed E-state index contributed by atoms with van der Waals surface area (Å²) in [6, 6.07) is 5.51. The number of benzene rings is 1. The zero-order valence-electron chi connectivity index (χ0n) is 26.7. The second kappa shape index (κ2) is 12.0. The first-order valence-electron chi connectivity index (χ1n) is 16.4.